The molecule has 1 N–H and O–H groups in total. The molecule has 6 unspecified atom stereocenters. The van der Waals surface area contributed by atoms with Crippen molar-refractivity contribution in [3.63, 3.8) is 0 Å². The van der Waals surface area contributed by atoms with E-state index in [1.807, 2.05) is 12.1 Å². The molecule has 2 bridgehead atoms. The lowest BCUT2D eigenvalue weighted by molar-refractivity contribution is 0.200. The Hall–Kier alpha value is -0.530. The first-order valence-electron chi connectivity index (χ1n) is 8.24. The summed E-state index contributed by atoms with van der Waals surface area (Å²) in [5, 5.41) is 4.74. The van der Waals surface area contributed by atoms with E-state index in [-0.39, 0.29) is 0 Å². The van der Waals surface area contributed by atoms with Gasteiger partial charge in [-0.2, -0.15) is 0 Å². The Morgan fingerprint density at radius 2 is 1.80 bits per heavy atom. The monoisotopic (exact) mass is 289 g/mol. The smallest absolute Gasteiger partial charge is 0.0406 e. The third-order valence-electron chi connectivity index (χ3n) is 6.26. The molecule has 4 rings (SSSR count). The molecular weight excluding hydrogens is 266 g/mol. The average molecular weight is 290 g/mol. The van der Waals surface area contributed by atoms with E-state index in [0.29, 0.717) is 6.04 Å². The summed E-state index contributed by atoms with van der Waals surface area (Å²) in [6, 6.07) is 9.52. The SMILES string of the molecule is CC(NC1CC2CC1C1CCCC21)c1ccc(Cl)cc1. The van der Waals surface area contributed by atoms with Gasteiger partial charge in [-0.1, -0.05) is 30.2 Å². The Morgan fingerprint density at radius 1 is 1.05 bits per heavy atom. The zero-order chi connectivity index (χ0) is 13.7. The van der Waals surface area contributed by atoms with Gasteiger partial charge in [-0.15, -0.1) is 0 Å². The van der Waals surface area contributed by atoms with Crippen LogP contribution in [0.2, 0.25) is 5.02 Å². The number of nitrogens with one attached hydrogen (secondary N) is 1. The van der Waals surface area contributed by atoms with E-state index in [1.165, 1.54) is 37.7 Å². The van der Waals surface area contributed by atoms with E-state index in [0.717, 1.165) is 34.7 Å². The lowest BCUT2D eigenvalue weighted by Gasteiger charge is -2.34. The van der Waals surface area contributed by atoms with Gasteiger partial charge in [0, 0.05) is 17.1 Å². The predicted molar refractivity (Wildman–Crippen MR) is 83.8 cm³/mol. The second-order valence-electron chi connectivity index (χ2n) is 7.20. The highest BCUT2D eigenvalue weighted by atomic mass is 35.5. The molecule has 20 heavy (non-hydrogen) atoms. The van der Waals surface area contributed by atoms with E-state index in [1.54, 1.807) is 0 Å². The van der Waals surface area contributed by atoms with Crippen molar-refractivity contribution >= 4 is 11.6 Å². The minimum atomic E-state index is 0.441. The minimum Gasteiger partial charge on any atom is -0.307 e. The quantitative estimate of drug-likeness (QED) is 0.841. The first kappa shape index (κ1) is 13.2. The fourth-order valence-electron chi connectivity index (χ4n) is 5.43. The number of benzene rings is 1. The third kappa shape index (κ3) is 2.10. The molecule has 3 aliphatic carbocycles. The van der Waals surface area contributed by atoms with Gasteiger partial charge in [-0.25, -0.2) is 0 Å². The summed E-state index contributed by atoms with van der Waals surface area (Å²) in [4.78, 5) is 0. The van der Waals surface area contributed by atoms with E-state index >= 15 is 0 Å². The van der Waals surface area contributed by atoms with Gasteiger partial charge in [-0.05, 0) is 74.0 Å². The Balaban J connectivity index is 1.44. The van der Waals surface area contributed by atoms with Gasteiger partial charge in [0.2, 0.25) is 0 Å². The van der Waals surface area contributed by atoms with Crippen LogP contribution >= 0.6 is 11.6 Å². The second-order valence-corrected chi connectivity index (χ2v) is 7.64. The average Bonchev–Trinajstić information content (AvgIpc) is 3.11. The first-order valence-corrected chi connectivity index (χ1v) is 8.61. The third-order valence-corrected chi connectivity index (χ3v) is 6.51. The van der Waals surface area contributed by atoms with E-state index in [4.69, 9.17) is 11.6 Å². The van der Waals surface area contributed by atoms with Gasteiger partial charge in [0.15, 0.2) is 0 Å². The number of hydrogen-bond donors (Lipinski definition) is 1. The fraction of sp³-hybridized carbons (Fsp3) is 0.667. The van der Waals surface area contributed by atoms with Crippen LogP contribution in [0.25, 0.3) is 0 Å². The Labute approximate surface area is 127 Å². The molecule has 0 heterocycles. The highest BCUT2D eigenvalue weighted by molar-refractivity contribution is 6.30. The van der Waals surface area contributed by atoms with Gasteiger partial charge in [0.05, 0.1) is 0 Å². The molecule has 3 saturated carbocycles. The molecular formula is C18H24ClN. The molecule has 0 amide bonds. The van der Waals surface area contributed by atoms with Crippen LogP contribution in [0.1, 0.15) is 50.6 Å². The zero-order valence-electron chi connectivity index (χ0n) is 12.2. The predicted octanol–water partition coefficient (Wildman–Crippen LogP) is 4.82. The van der Waals surface area contributed by atoms with Crippen LogP contribution in [-0.2, 0) is 0 Å². The first-order chi connectivity index (χ1) is 9.72. The molecule has 0 aromatic heterocycles. The molecule has 0 radical (unpaired) electrons. The largest absolute Gasteiger partial charge is 0.307 e. The van der Waals surface area contributed by atoms with E-state index in [9.17, 15) is 0 Å². The van der Waals surface area contributed by atoms with Crippen molar-refractivity contribution < 1.29 is 0 Å². The van der Waals surface area contributed by atoms with Crippen LogP contribution in [0, 0.1) is 23.7 Å². The van der Waals surface area contributed by atoms with Gasteiger partial charge < -0.3 is 5.32 Å². The molecule has 0 spiro atoms. The van der Waals surface area contributed by atoms with Crippen LogP contribution in [0.3, 0.4) is 0 Å². The van der Waals surface area contributed by atoms with Gasteiger partial charge in [0.25, 0.3) is 0 Å². The molecule has 1 aromatic rings. The normalized spacial score (nSPS) is 40.0. The summed E-state index contributed by atoms with van der Waals surface area (Å²) >= 11 is 5.98. The van der Waals surface area contributed by atoms with Crippen LogP contribution in [0.15, 0.2) is 24.3 Å². The van der Waals surface area contributed by atoms with Crippen molar-refractivity contribution in [2.24, 2.45) is 23.7 Å². The number of hydrogen-bond acceptors (Lipinski definition) is 1. The summed E-state index contributed by atoms with van der Waals surface area (Å²) in [6.07, 6.45) is 7.43. The van der Waals surface area contributed by atoms with Crippen LogP contribution < -0.4 is 5.32 Å². The maximum Gasteiger partial charge on any atom is 0.0406 e. The number of rotatable bonds is 3. The highest BCUT2D eigenvalue weighted by Crippen LogP contribution is 2.58. The van der Waals surface area contributed by atoms with Crippen LogP contribution in [-0.4, -0.2) is 6.04 Å². The van der Waals surface area contributed by atoms with Crippen molar-refractivity contribution in [3.05, 3.63) is 34.9 Å². The van der Waals surface area contributed by atoms with Gasteiger partial charge in [-0.3, -0.25) is 0 Å². The molecule has 3 aliphatic rings. The van der Waals surface area contributed by atoms with Crippen molar-refractivity contribution in [2.45, 2.75) is 51.1 Å². The molecule has 6 atom stereocenters. The maximum absolute atomic E-state index is 5.98. The van der Waals surface area contributed by atoms with E-state index < -0.39 is 0 Å². The number of halogens is 1. The van der Waals surface area contributed by atoms with Crippen molar-refractivity contribution in [3.8, 4) is 0 Å². The zero-order valence-corrected chi connectivity index (χ0v) is 12.9. The Kier molecular flexibility index (Phi) is 3.31. The van der Waals surface area contributed by atoms with Crippen LogP contribution in [0.4, 0.5) is 0 Å². The Bertz CT molecular complexity index is 483. The van der Waals surface area contributed by atoms with Crippen molar-refractivity contribution in [2.75, 3.05) is 0 Å². The summed E-state index contributed by atoms with van der Waals surface area (Å²) in [6.45, 7) is 2.29. The molecule has 1 nitrogen and oxygen atoms in total. The summed E-state index contributed by atoms with van der Waals surface area (Å²) in [7, 11) is 0. The second kappa shape index (κ2) is 5.03. The lowest BCUT2D eigenvalue weighted by atomic mass is 9.79. The van der Waals surface area contributed by atoms with Gasteiger partial charge in [0.1, 0.15) is 0 Å². The van der Waals surface area contributed by atoms with E-state index in [2.05, 4.69) is 24.4 Å². The standard InChI is InChI=1S/C18H24ClN/c1-11(12-5-7-14(19)8-6-12)20-18-10-13-9-17(18)16-4-2-3-15(13)16/h5-8,11,13,15-18,20H,2-4,9-10H2,1H3. The molecule has 108 valence electrons. The Morgan fingerprint density at radius 3 is 2.60 bits per heavy atom. The number of fused-ring (bicyclic) bond motifs is 5. The van der Waals surface area contributed by atoms with Crippen molar-refractivity contribution in [1.29, 1.82) is 0 Å². The summed E-state index contributed by atoms with van der Waals surface area (Å²) < 4.78 is 0. The van der Waals surface area contributed by atoms with Crippen LogP contribution in [0.5, 0.6) is 0 Å². The molecule has 1 aromatic carbocycles. The summed E-state index contributed by atoms with van der Waals surface area (Å²) in [5.74, 6) is 4.12. The fourth-order valence-corrected chi connectivity index (χ4v) is 5.55. The van der Waals surface area contributed by atoms with Crippen molar-refractivity contribution in [1.82, 2.24) is 5.32 Å². The maximum atomic E-state index is 5.98. The topological polar surface area (TPSA) is 12.0 Å². The molecule has 0 aliphatic heterocycles. The van der Waals surface area contributed by atoms with Gasteiger partial charge >= 0.3 is 0 Å². The minimum absolute atomic E-state index is 0.441. The summed E-state index contributed by atoms with van der Waals surface area (Å²) in [5.41, 5.74) is 1.36. The molecule has 2 heteroatoms. The lowest BCUT2D eigenvalue weighted by Crippen LogP contribution is -2.40. The molecule has 3 fully saturated rings. The highest BCUT2D eigenvalue weighted by Gasteiger charge is 2.53. The molecule has 0 saturated heterocycles.